The number of carbonyl (C=O) groups excluding carboxylic acids is 2. The summed E-state index contributed by atoms with van der Waals surface area (Å²) in [6.45, 7) is 2.55. The van der Waals surface area contributed by atoms with Gasteiger partial charge in [0.2, 0.25) is 5.91 Å². The van der Waals surface area contributed by atoms with Crippen LogP contribution in [0.5, 0.6) is 5.75 Å². The zero-order chi connectivity index (χ0) is 23.0. The Morgan fingerprint density at radius 1 is 0.939 bits per heavy atom. The molecule has 0 heterocycles. The number of ether oxygens (including phenoxy) is 1. The standard InChI is InChI=1S/C28H28N2O3/c1-2-33-25-17-13-22(14-18-25)27(21-6-4-3-5-7-21)30-26(31)19-10-20-8-11-23(12-9-20)28(32)29-24-15-16-24/h3-14,17-19,24,27H,2,15-16H2,1H3,(H,29,32)(H,30,31)/b19-10+. The van der Waals surface area contributed by atoms with Gasteiger partial charge in [-0.2, -0.15) is 0 Å². The lowest BCUT2D eigenvalue weighted by atomic mass is 9.98. The van der Waals surface area contributed by atoms with Crippen molar-refractivity contribution >= 4 is 17.9 Å². The first-order valence-electron chi connectivity index (χ1n) is 11.3. The molecule has 0 aromatic heterocycles. The van der Waals surface area contributed by atoms with Crippen LogP contribution >= 0.6 is 0 Å². The molecule has 33 heavy (non-hydrogen) atoms. The summed E-state index contributed by atoms with van der Waals surface area (Å²) < 4.78 is 5.54. The molecular weight excluding hydrogens is 412 g/mol. The number of hydrogen-bond acceptors (Lipinski definition) is 3. The van der Waals surface area contributed by atoms with E-state index in [0.717, 1.165) is 35.3 Å². The van der Waals surface area contributed by atoms with Crippen molar-refractivity contribution in [2.75, 3.05) is 6.61 Å². The van der Waals surface area contributed by atoms with Crippen LogP contribution in [0.1, 0.15) is 52.9 Å². The summed E-state index contributed by atoms with van der Waals surface area (Å²) in [4.78, 5) is 24.9. The molecule has 0 radical (unpaired) electrons. The number of carbonyl (C=O) groups is 2. The van der Waals surface area contributed by atoms with E-state index in [9.17, 15) is 9.59 Å². The summed E-state index contributed by atoms with van der Waals surface area (Å²) in [6.07, 6.45) is 5.38. The summed E-state index contributed by atoms with van der Waals surface area (Å²) in [5.41, 5.74) is 3.44. The Morgan fingerprint density at radius 3 is 2.24 bits per heavy atom. The van der Waals surface area contributed by atoms with Crippen LogP contribution in [0.2, 0.25) is 0 Å². The van der Waals surface area contributed by atoms with Gasteiger partial charge in [0.05, 0.1) is 12.6 Å². The van der Waals surface area contributed by atoms with E-state index >= 15 is 0 Å². The van der Waals surface area contributed by atoms with Gasteiger partial charge in [0.25, 0.3) is 5.91 Å². The maximum atomic E-state index is 12.8. The normalized spacial score (nSPS) is 14.0. The Labute approximate surface area is 194 Å². The lowest BCUT2D eigenvalue weighted by Crippen LogP contribution is -2.27. The van der Waals surface area contributed by atoms with Crippen LogP contribution in [0.25, 0.3) is 6.08 Å². The fourth-order valence-electron chi connectivity index (χ4n) is 3.53. The molecular formula is C28H28N2O3. The van der Waals surface area contributed by atoms with E-state index in [2.05, 4.69) is 10.6 Å². The van der Waals surface area contributed by atoms with Gasteiger partial charge in [0, 0.05) is 17.7 Å². The van der Waals surface area contributed by atoms with Crippen LogP contribution in [-0.4, -0.2) is 24.5 Å². The minimum atomic E-state index is -0.285. The summed E-state index contributed by atoms with van der Waals surface area (Å²) in [6, 6.07) is 24.9. The fourth-order valence-corrected chi connectivity index (χ4v) is 3.53. The number of benzene rings is 3. The Kier molecular flexibility index (Phi) is 7.20. The van der Waals surface area contributed by atoms with Crippen LogP contribution in [0.3, 0.4) is 0 Å². The third kappa shape index (κ3) is 6.32. The van der Waals surface area contributed by atoms with Crippen molar-refractivity contribution in [3.05, 3.63) is 107 Å². The highest BCUT2D eigenvalue weighted by Crippen LogP contribution is 2.24. The molecule has 1 fully saturated rings. The van der Waals surface area contributed by atoms with E-state index in [1.165, 1.54) is 6.08 Å². The highest BCUT2D eigenvalue weighted by molar-refractivity contribution is 5.95. The molecule has 0 aliphatic heterocycles. The largest absolute Gasteiger partial charge is 0.494 e. The maximum Gasteiger partial charge on any atom is 0.251 e. The van der Waals surface area contributed by atoms with E-state index in [-0.39, 0.29) is 17.9 Å². The molecule has 5 heteroatoms. The molecule has 168 valence electrons. The van der Waals surface area contributed by atoms with Crippen LogP contribution in [-0.2, 0) is 4.79 Å². The Balaban J connectivity index is 1.44. The van der Waals surface area contributed by atoms with Crippen molar-refractivity contribution in [2.45, 2.75) is 31.8 Å². The van der Waals surface area contributed by atoms with Crippen molar-refractivity contribution in [2.24, 2.45) is 0 Å². The van der Waals surface area contributed by atoms with Crippen molar-refractivity contribution in [3.63, 3.8) is 0 Å². The van der Waals surface area contributed by atoms with Gasteiger partial charge in [-0.25, -0.2) is 0 Å². The Hall–Kier alpha value is -3.86. The van der Waals surface area contributed by atoms with E-state index in [4.69, 9.17) is 4.74 Å². The Bertz CT molecular complexity index is 1100. The van der Waals surface area contributed by atoms with Gasteiger partial charge in [-0.3, -0.25) is 9.59 Å². The second kappa shape index (κ2) is 10.6. The highest BCUT2D eigenvalue weighted by atomic mass is 16.5. The van der Waals surface area contributed by atoms with Crippen LogP contribution in [0.4, 0.5) is 0 Å². The van der Waals surface area contributed by atoms with E-state index < -0.39 is 0 Å². The number of rotatable bonds is 9. The zero-order valence-corrected chi connectivity index (χ0v) is 18.7. The van der Waals surface area contributed by atoms with Crippen molar-refractivity contribution in [1.29, 1.82) is 0 Å². The quantitative estimate of drug-likeness (QED) is 0.465. The summed E-state index contributed by atoms with van der Waals surface area (Å²) in [5.74, 6) is 0.550. The summed E-state index contributed by atoms with van der Waals surface area (Å²) in [5, 5.41) is 6.07. The maximum absolute atomic E-state index is 12.8. The smallest absolute Gasteiger partial charge is 0.251 e. The van der Waals surface area contributed by atoms with Crippen LogP contribution < -0.4 is 15.4 Å². The fraction of sp³-hybridized carbons (Fsp3) is 0.214. The SMILES string of the molecule is CCOc1ccc(C(NC(=O)/C=C/c2ccc(C(=O)NC3CC3)cc2)c2ccccc2)cc1. The average molecular weight is 441 g/mol. The lowest BCUT2D eigenvalue weighted by Gasteiger charge is -2.19. The van der Waals surface area contributed by atoms with Gasteiger partial charge >= 0.3 is 0 Å². The Morgan fingerprint density at radius 2 is 1.61 bits per heavy atom. The van der Waals surface area contributed by atoms with Crippen molar-refractivity contribution in [1.82, 2.24) is 10.6 Å². The molecule has 1 aliphatic carbocycles. The average Bonchev–Trinajstić information content (AvgIpc) is 3.67. The molecule has 3 aromatic rings. The van der Waals surface area contributed by atoms with E-state index in [0.29, 0.717) is 18.2 Å². The summed E-state index contributed by atoms with van der Waals surface area (Å²) in [7, 11) is 0. The third-order valence-corrected chi connectivity index (χ3v) is 5.46. The molecule has 0 saturated heterocycles. The predicted octanol–water partition coefficient (Wildman–Crippen LogP) is 4.90. The second-order valence-corrected chi connectivity index (χ2v) is 8.06. The molecule has 0 bridgehead atoms. The van der Waals surface area contributed by atoms with Gasteiger partial charge in [-0.15, -0.1) is 0 Å². The van der Waals surface area contributed by atoms with Gasteiger partial charge in [-0.1, -0.05) is 54.6 Å². The molecule has 4 rings (SSSR count). The second-order valence-electron chi connectivity index (χ2n) is 8.06. The van der Waals surface area contributed by atoms with Gasteiger partial charge < -0.3 is 15.4 Å². The van der Waals surface area contributed by atoms with Gasteiger partial charge in [-0.05, 0) is 66.8 Å². The molecule has 0 spiro atoms. The van der Waals surface area contributed by atoms with Crippen LogP contribution in [0, 0.1) is 0 Å². The third-order valence-electron chi connectivity index (χ3n) is 5.46. The van der Waals surface area contributed by atoms with E-state index in [1.807, 2.05) is 73.7 Å². The molecule has 3 aromatic carbocycles. The minimum Gasteiger partial charge on any atom is -0.494 e. The number of nitrogens with one attached hydrogen (secondary N) is 2. The number of amides is 2. The topological polar surface area (TPSA) is 67.4 Å². The molecule has 1 atom stereocenters. The van der Waals surface area contributed by atoms with Crippen molar-refractivity contribution < 1.29 is 14.3 Å². The number of hydrogen-bond donors (Lipinski definition) is 2. The molecule has 1 unspecified atom stereocenters. The predicted molar refractivity (Wildman–Crippen MR) is 130 cm³/mol. The first-order valence-corrected chi connectivity index (χ1v) is 11.3. The molecule has 5 nitrogen and oxygen atoms in total. The minimum absolute atomic E-state index is 0.0492. The molecule has 2 N–H and O–H groups in total. The first kappa shape index (κ1) is 22.3. The monoisotopic (exact) mass is 440 g/mol. The highest BCUT2D eigenvalue weighted by Gasteiger charge is 2.23. The summed E-state index contributed by atoms with van der Waals surface area (Å²) >= 11 is 0. The molecule has 1 saturated carbocycles. The molecule has 1 aliphatic rings. The van der Waals surface area contributed by atoms with Crippen LogP contribution in [0.15, 0.2) is 84.9 Å². The molecule has 2 amide bonds. The van der Waals surface area contributed by atoms with Gasteiger partial charge in [0.15, 0.2) is 0 Å². The van der Waals surface area contributed by atoms with E-state index in [1.54, 1.807) is 18.2 Å². The first-order chi connectivity index (χ1) is 16.1. The lowest BCUT2D eigenvalue weighted by molar-refractivity contribution is -0.116. The van der Waals surface area contributed by atoms with Gasteiger partial charge in [0.1, 0.15) is 5.75 Å². The zero-order valence-electron chi connectivity index (χ0n) is 18.7. The van der Waals surface area contributed by atoms with Crippen molar-refractivity contribution in [3.8, 4) is 5.75 Å².